The fraction of sp³-hybridized carbons (Fsp3) is 0.625. The number of hydrogen-bond donors (Lipinski definition) is 1. The highest BCUT2D eigenvalue weighted by Gasteiger charge is 2.38. The molecule has 21 heavy (non-hydrogen) atoms. The molecule has 114 valence electrons. The normalized spacial score (nSPS) is 26.8. The van der Waals surface area contributed by atoms with Crippen LogP contribution in [0.4, 0.5) is 5.69 Å². The number of anilines is 1. The summed E-state index contributed by atoms with van der Waals surface area (Å²) in [5, 5.41) is 3.66. The van der Waals surface area contributed by atoms with Crippen LogP contribution < -0.4 is 14.8 Å². The fourth-order valence-corrected chi connectivity index (χ4v) is 4.70. The summed E-state index contributed by atoms with van der Waals surface area (Å²) in [5.41, 5.74) is 1.24. The number of thioether (sulfide) groups is 1. The molecule has 5 heteroatoms. The second-order valence-electron chi connectivity index (χ2n) is 6.05. The summed E-state index contributed by atoms with van der Waals surface area (Å²) in [6.45, 7) is 1.20. The highest BCUT2D eigenvalue weighted by molar-refractivity contribution is 7.99. The van der Waals surface area contributed by atoms with Gasteiger partial charge in [0.15, 0.2) is 11.5 Å². The maximum absolute atomic E-state index is 6.15. The van der Waals surface area contributed by atoms with Crippen molar-refractivity contribution in [2.75, 3.05) is 30.2 Å². The molecule has 4 rings (SSSR count). The zero-order chi connectivity index (χ0) is 14.1. The number of benzene rings is 1. The highest BCUT2D eigenvalue weighted by atomic mass is 32.2. The smallest absolute Gasteiger partial charge is 0.231 e. The van der Waals surface area contributed by atoms with E-state index >= 15 is 0 Å². The Morgan fingerprint density at radius 3 is 2.90 bits per heavy atom. The van der Waals surface area contributed by atoms with Crippen LogP contribution in [0.2, 0.25) is 0 Å². The Morgan fingerprint density at radius 1 is 1.14 bits per heavy atom. The molecule has 1 unspecified atom stereocenters. The average Bonchev–Trinajstić information content (AvgIpc) is 2.96. The van der Waals surface area contributed by atoms with Gasteiger partial charge in [0, 0.05) is 24.4 Å². The van der Waals surface area contributed by atoms with Crippen molar-refractivity contribution in [1.29, 1.82) is 0 Å². The van der Waals surface area contributed by atoms with Gasteiger partial charge in [0.25, 0.3) is 0 Å². The molecular weight excluding hydrogens is 286 g/mol. The summed E-state index contributed by atoms with van der Waals surface area (Å²) in [7, 11) is 0. The van der Waals surface area contributed by atoms with Crippen LogP contribution in [0.15, 0.2) is 18.2 Å². The molecular formula is C16H21NO3S. The molecule has 4 nitrogen and oxygen atoms in total. The van der Waals surface area contributed by atoms with Gasteiger partial charge in [-0.15, -0.1) is 0 Å². The first-order valence-corrected chi connectivity index (χ1v) is 8.86. The third-order valence-corrected chi connectivity index (χ3v) is 5.63. The lowest BCUT2D eigenvalue weighted by Gasteiger charge is -2.43. The number of hydrogen-bond acceptors (Lipinski definition) is 5. The van der Waals surface area contributed by atoms with Gasteiger partial charge in [-0.25, -0.2) is 0 Å². The number of rotatable bonds is 2. The lowest BCUT2D eigenvalue weighted by Crippen LogP contribution is -2.46. The number of fused-ring (bicyclic) bond motifs is 1. The Morgan fingerprint density at radius 2 is 2.00 bits per heavy atom. The van der Waals surface area contributed by atoms with Gasteiger partial charge >= 0.3 is 0 Å². The summed E-state index contributed by atoms with van der Waals surface area (Å²) in [6.07, 6.45) is 4.57. The maximum Gasteiger partial charge on any atom is 0.231 e. The Balaban J connectivity index is 1.44. The van der Waals surface area contributed by atoms with Crippen LogP contribution in [0, 0.1) is 0 Å². The van der Waals surface area contributed by atoms with Crippen LogP contribution >= 0.6 is 11.8 Å². The van der Waals surface area contributed by atoms with Crippen molar-refractivity contribution >= 4 is 17.4 Å². The van der Waals surface area contributed by atoms with Crippen LogP contribution in [0.3, 0.4) is 0 Å². The molecule has 0 radical (unpaired) electrons. The Hall–Kier alpha value is -1.07. The Kier molecular flexibility index (Phi) is 3.63. The van der Waals surface area contributed by atoms with Gasteiger partial charge in [-0.3, -0.25) is 0 Å². The largest absolute Gasteiger partial charge is 0.454 e. The van der Waals surface area contributed by atoms with E-state index in [0.717, 1.165) is 36.6 Å². The summed E-state index contributed by atoms with van der Waals surface area (Å²) in [5.74, 6) is 4.15. The Bertz CT molecular complexity index is 511. The van der Waals surface area contributed by atoms with Crippen LogP contribution in [-0.4, -0.2) is 36.5 Å². The van der Waals surface area contributed by atoms with E-state index in [1.807, 2.05) is 12.1 Å². The van der Waals surface area contributed by atoms with E-state index in [9.17, 15) is 0 Å². The van der Waals surface area contributed by atoms with E-state index in [0.29, 0.717) is 12.8 Å². The monoisotopic (exact) mass is 307 g/mol. The molecule has 2 saturated heterocycles. The second kappa shape index (κ2) is 5.61. The lowest BCUT2D eigenvalue weighted by atomic mass is 9.85. The SMILES string of the molecule is c1cc2c(cc1NC1CCOC3(CCSCC3)C1)OCO2. The number of nitrogens with one attached hydrogen (secondary N) is 1. The molecule has 1 atom stereocenters. The van der Waals surface area contributed by atoms with Crippen LogP contribution in [0.5, 0.6) is 11.5 Å². The standard InChI is InChI=1S/C16H21NO3S/c1-2-14-15(19-11-18-14)9-12(1)17-13-3-6-20-16(10-13)4-7-21-8-5-16/h1-2,9,13,17H,3-8,10-11H2. The summed E-state index contributed by atoms with van der Waals surface area (Å²) in [4.78, 5) is 0. The molecule has 0 bridgehead atoms. The summed E-state index contributed by atoms with van der Waals surface area (Å²) >= 11 is 2.05. The fourth-order valence-electron chi connectivity index (χ4n) is 3.46. The minimum atomic E-state index is 0.123. The van der Waals surface area contributed by atoms with Crippen molar-refractivity contribution < 1.29 is 14.2 Å². The van der Waals surface area contributed by atoms with Crippen molar-refractivity contribution in [3.63, 3.8) is 0 Å². The van der Waals surface area contributed by atoms with Gasteiger partial charge < -0.3 is 19.5 Å². The molecule has 3 heterocycles. The quantitative estimate of drug-likeness (QED) is 0.908. The minimum absolute atomic E-state index is 0.123. The molecule has 1 N–H and O–H groups in total. The van der Waals surface area contributed by atoms with E-state index < -0.39 is 0 Å². The van der Waals surface area contributed by atoms with E-state index in [2.05, 4.69) is 23.1 Å². The van der Waals surface area contributed by atoms with Gasteiger partial charge in [-0.2, -0.15) is 11.8 Å². The first-order valence-electron chi connectivity index (χ1n) is 7.71. The van der Waals surface area contributed by atoms with E-state index in [1.54, 1.807) is 0 Å². The maximum atomic E-state index is 6.15. The van der Waals surface area contributed by atoms with E-state index in [4.69, 9.17) is 14.2 Å². The van der Waals surface area contributed by atoms with Gasteiger partial charge in [0.2, 0.25) is 6.79 Å². The topological polar surface area (TPSA) is 39.7 Å². The first kappa shape index (κ1) is 13.6. The molecule has 3 aliphatic rings. The van der Waals surface area contributed by atoms with Gasteiger partial charge in [0.1, 0.15) is 0 Å². The highest BCUT2D eigenvalue weighted by Crippen LogP contribution is 2.39. The number of ether oxygens (including phenoxy) is 3. The molecule has 1 spiro atoms. The molecule has 0 aromatic heterocycles. The van der Waals surface area contributed by atoms with Crippen molar-refractivity contribution in [2.45, 2.75) is 37.3 Å². The van der Waals surface area contributed by atoms with E-state index in [1.165, 1.54) is 24.3 Å². The van der Waals surface area contributed by atoms with Gasteiger partial charge in [0.05, 0.1) is 5.60 Å². The average molecular weight is 307 g/mol. The minimum Gasteiger partial charge on any atom is -0.454 e. The molecule has 0 aliphatic carbocycles. The van der Waals surface area contributed by atoms with Crippen LogP contribution in [0.25, 0.3) is 0 Å². The predicted molar refractivity (Wildman–Crippen MR) is 84.5 cm³/mol. The lowest BCUT2D eigenvalue weighted by molar-refractivity contribution is -0.0865. The Labute approximate surface area is 129 Å². The zero-order valence-corrected chi connectivity index (χ0v) is 12.9. The van der Waals surface area contributed by atoms with Crippen molar-refractivity contribution in [1.82, 2.24) is 0 Å². The van der Waals surface area contributed by atoms with Crippen molar-refractivity contribution in [3.05, 3.63) is 18.2 Å². The summed E-state index contributed by atoms with van der Waals surface area (Å²) in [6, 6.07) is 6.59. The zero-order valence-electron chi connectivity index (χ0n) is 12.1. The molecule has 3 aliphatic heterocycles. The molecule has 0 saturated carbocycles. The molecule has 1 aromatic carbocycles. The predicted octanol–water partition coefficient (Wildman–Crippen LogP) is 3.27. The van der Waals surface area contributed by atoms with Crippen LogP contribution in [-0.2, 0) is 4.74 Å². The van der Waals surface area contributed by atoms with Crippen LogP contribution in [0.1, 0.15) is 25.7 Å². The van der Waals surface area contributed by atoms with E-state index in [-0.39, 0.29) is 5.60 Å². The molecule has 1 aromatic rings. The van der Waals surface area contributed by atoms with Crippen molar-refractivity contribution in [2.24, 2.45) is 0 Å². The van der Waals surface area contributed by atoms with Gasteiger partial charge in [-0.1, -0.05) is 0 Å². The molecule has 0 amide bonds. The third kappa shape index (κ3) is 2.81. The second-order valence-corrected chi connectivity index (χ2v) is 7.27. The van der Waals surface area contributed by atoms with Gasteiger partial charge in [-0.05, 0) is 49.3 Å². The van der Waals surface area contributed by atoms with Crippen molar-refractivity contribution in [3.8, 4) is 11.5 Å². The summed E-state index contributed by atoms with van der Waals surface area (Å²) < 4.78 is 17.0. The first-order chi connectivity index (χ1) is 10.3. The molecule has 2 fully saturated rings. The third-order valence-electron chi connectivity index (χ3n) is 4.64.